The summed E-state index contributed by atoms with van der Waals surface area (Å²) >= 11 is 1.30. The van der Waals surface area contributed by atoms with E-state index in [-0.39, 0.29) is 17.9 Å². The third kappa shape index (κ3) is 2.25. The highest BCUT2D eigenvalue weighted by molar-refractivity contribution is 7.17. The lowest BCUT2D eigenvalue weighted by Crippen LogP contribution is -2.24. The number of aromatic nitrogens is 2. The van der Waals surface area contributed by atoms with Crippen LogP contribution in [0.2, 0.25) is 0 Å². The van der Waals surface area contributed by atoms with Crippen LogP contribution >= 0.6 is 11.3 Å². The fraction of sp³-hybridized carbons (Fsp3) is 0.0714. The Labute approximate surface area is 117 Å². The molecule has 2 aromatic heterocycles. The minimum atomic E-state index is -0.402. The highest BCUT2D eigenvalue weighted by Crippen LogP contribution is 2.13. The fourth-order valence-electron chi connectivity index (χ4n) is 1.87. The Balaban J connectivity index is 1.93. The predicted molar refractivity (Wildman–Crippen MR) is 74.6 cm³/mol. The van der Waals surface area contributed by atoms with Gasteiger partial charge in [0.2, 0.25) is 0 Å². The number of hydrogen-bond donors (Lipinski definition) is 0. The van der Waals surface area contributed by atoms with Crippen molar-refractivity contribution in [3.05, 3.63) is 63.8 Å². The third-order valence-corrected chi connectivity index (χ3v) is 3.81. The zero-order valence-electron chi connectivity index (χ0n) is 10.2. The molecule has 0 spiro atoms. The molecule has 0 radical (unpaired) electrons. The average molecular weight is 288 g/mol. The molecular weight excluding hydrogens is 279 g/mol. The van der Waals surface area contributed by atoms with Crippen molar-refractivity contribution in [1.29, 1.82) is 0 Å². The predicted octanol–water partition coefficient (Wildman–Crippen LogP) is 2.48. The molecule has 6 heteroatoms. The smallest absolute Gasteiger partial charge is 0.271 e. The molecular formula is C14H9FN2O2S. The molecule has 0 amide bonds. The summed E-state index contributed by atoms with van der Waals surface area (Å²) in [5.41, 5.74) is 0.760. The van der Waals surface area contributed by atoms with E-state index in [4.69, 9.17) is 0 Å². The van der Waals surface area contributed by atoms with Gasteiger partial charge in [0.25, 0.3) is 5.56 Å². The molecule has 0 aliphatic heterocycles. The van der Waals surface area contributed by atoms with E-state index >= 15 is 0 Å². The molecule has 0 aliphatic carbocycles. The highest BCUT2D eigenvalue weighted by Gasteiger charge is 2.10. The van der Waals surface area contributed by atoms with E-state index in [1.54, 1.807) is 11.4 Å². The molecule has 0 N–H and O–H groups in total. The topological polar surface area (TPSA) is 52.0 Å². The summed E-state index contributed by atoms with van der Waals surface area (Å²) in [6.07, 6.45) is 1.36. The van der Waals surface area contributed by atoms with Gasteiger partial charge in [-0.25, -0.2) is 9.37 Å². The first kappa shape index (κ1) is 12.7. The number of Topliss-reactive ketones (excluding diaryl/α,β-unsaturated/α-hetero) is 1. The van der Waals surface area contributed by atoms with E-state index in [1.165, 1.54) is 46.5 Å². The van der Waals surface area contributed by atoms with Crippen LogP contribution in [-0.2, 0) is 6.54 Å². The van der Waals surface area contributed by atoms with E-state index in [2.05, 4.69) is 4.98 Å². The van der Waals surface area contributed by atoms with Crippen molar-refractivity contribution in [2.24, 2.45) is 0 Å². The first-order valence-electron chi connectivity index (χ1n) is 5.86. The SMILES string of the molecule is O=C(Cn1cnc2ccsc2c1=O)c1ccc(F)cc1. The summed E-state index contributed by atoms with van der Waals surface area (Å²) in [5, 5.41) is 1.78. The molecule has 0 saturated heterocycles. The Kier molecular flexibility index (Phi) is 3.15. The van der Waals surface area contributed by atoms with Gasteiger partial charge in [0.15, 0.2) is 5.78 Å². The molecule has 3 rings (SSSR count). The highest BCUT2D eigenvalue weighted by atomic mass is 32.1. The maximum Gasteiger partial charge on any atom is 0.271 e. The monoisotopic (exact) mass is 288 g/mol. The van der Waals surface area contributed by atoms with Crippen LogP contribution in [0.4, 0.5) is 4.39 Å². The summed E-state index contributed by atoms with van der Waals surface area (Å²) < 4.78 is 14.6. The van der Waals surface area contributed by atoms with Crippen molar-refractivity contribution in [2.75, 3.05) is 0 Å². The molecule has 4 nitrogen and oxygen atoms in total. The number of nitrogens with zero attached hydrogens (tertiary/aromatic N) is 2. The maximum absolute atomic E-state index is 12.8. The van der Waals surface area contributed by atoms with Crippen molar-refractivity contribution in [3.8, 4) is 0 Å². The maximum atomic E-state index is 12.8. The van der Waals surface area contributed by atoms with Crippen LogP contribution in [0.3, 0.4) is 0 Å². The third-order valence-electron chi connectivity index (χ3n) is 2.92. The number of fused-ring (bicyclic) bond motifs is 1. The number of thiophene rings is 1. The van der Waals surface area contributed by atoms with Gasteiger partial charge in [-0.1, -0.05) is 0 Å². The van der Waals surface area contributed by atoms with Crippen LogP contribution in [-0.4, -0.2) is 15.3 Å². The van der Waals surface area contributed by atoms with E-state index < -0.39 is 5.82 Å². The molecule has 0 fully saturated rings. The minimum Gasteiger partial charge on any atom is -0.292 e. The second-order valence-corrected chi connectivity index (χ2v) is 5.16. The van der Waals surface area contributed by atoms with Crippen molar-refractivity contribution in [2.45, 2.75) is 6.54 Å². The Morgan fingerprint density at radius 3 is 2.75 bits per heavy atom. The van der Waals surface area contributed by atoms with Gasteiger partial charge in [-0.15, -0.1) is 11.3 Å². The molecule has 0 saturated carbocycles. The Morgan fingerprint density at radius 1 is 1.25 bits per heavy atom. The molecule has 0 atom stereocenters. The van der Waals surface area contributed by atoms with Gasteiger partial charge in [-0.05, 0) is 35.7 Å². The lowest BCUT2D eigenvalue weighted by Gasteiger charge is -2.04. The van der Waals surface area contributed by atoms with Gasteiger partial charge in [-0.3, -0.25) is 14.2 Å². The molecule has 0 aliphatic rings. The number of carbonyl (C=O) groups excluding carboxylic acids is 1. The molecule has 100 valence electrons. The summed E-state index contributed by atoms with van der Waals surface area (Å²) in [7, 11) is 0. The molecule has 0 unspecified atom stereocenters. The zero-order chi connectivity index (χ0) is 14.1. The number of benzene rings is 1. The second kappa shape index (κ2) is 4.97. The number of carbonyl (C=O) groups is 1. The number of ketones is 1. The molecule has 1 aromatic carbocycles. The van der Waals surface area contributed by atoms with Crippen molar-refractivity contribution >= 4 is 27.3 Å². The van der Waals surface area contributed by atoms with Crippen LogP contribution in [0, 0.1) is 5.82 Å². The van der Waals surface area contributed by atoms with Crippen LogP contribution in [0.15, 0.2) is 46.8 Å². The zero-order valence-corrected chi connectivity index (χ0v) is 11.1. The summed E-state index contributed by atoms with van der Waals surface area (Å²) in [6, 6.07) is 7.00. The Hall–Kier alpha value is -2.34. The van der Waals surface area contributed by atoms with Crippen molar-refractivity contribution in [1.82, 2.24) is 9.55 Å². The standard InChI is InChI=1S/C14H9FN2O2S/c15-10-3-1-9(2-4-10)12(18)7-17-8-16-11-5-6-20-13(11)14(17)19/h1-6,8H,7H2. The van der Waals surface area contributed by atoms with Gasteiger partial charge in [0.1, 0.15) is 10.5 Å². The molecule has 3 aromatic rings. The van der Waals surface area contributed by atoms with Crippen molar-refractivity contribution in [3.63, 3.8) is 0 Å². The molecule has 20 heavy (non-hydrogen) atoms. The second-order valence-electron chi connectivity index (χ2n) is 4.24. The lowest BCUT2D eigenvalue weighted by molar-refractivity contribution is 0.0970. The molecule has 2 heterocycles. The fourth-order valence-corrected chi connectivity index (χ4v) is 2.67. The van der Waals surface area contributed by atoms with Gasteiger partial charge in [0, 0.05) is 5.56 Å². The van der Waals surface area contributed by atoms with Crippen LogP contribution < -0.4 is 5.56 Å². The summed E-state index contributed by atoms with van der Waals surface area (Å²) in [6.45, 7) is -0.106. The number of rotatable bonds is 3. The lowest BCUT2D eigenvalue weighted by atomic mass is 10.1. The Morgan fingerprint density at radius 2 is 2.00 bits per heavy atom. The molecule has 0 bridgehead atoms. The van der Waals surface area contributed by atoms with E-state index in [0.29, 0.717) is 15.8 Å². The van der Waals surface area contributed by atoms with Gasteiger partial charge in [0.05, 0.1) is 18.4 Å². The van der Waals surface area contributed by atoms with Gasteiger partial charge < -0.3 is 0 Å². The number of hydrogen-bond acceptors (Lipinski definition) is 4. The normalized spacial score (nSPS) is 10.8. The summed E-state index contributed by atoms with van der Waals surface area (Å²) in [5.74, 6) is -0.662. The van der Waals surface area contributed by atoms with Crippen LogP contribution in [0.1, 0.15) is 10.4 Å². The van der Waals surface area contributed by atoms with E-state index in [9.17, 15) is 14.0 Å². The Bertz CT molecular complexity index is 836. The largest absolute Gasteiger partial charge is 0.292 e. The first-order chi connectivity index (χ1) is 9.65. The van der Waals surface area contributed by atoms with Crippen LogP contribution in [0.5, 0.6) is 0 Å². The first-order valence-corrected chi connectivity index (χ1v) is 6.74. The summed E-state index contributed by atoms with van der Waals surface area (Å²) in [4.78, 5) is 28.3. The van der Waals surface area contributed by atoms with E-state index in [0.717, 1.165) is 0 Å². The van der Waals surface area contributed by atoms with Gasteiger partial charge >= 0.3 is 0 Å². The van der Waals surface area contributed by atoms with E-state index in [1.807, 2.05) is 0 Å². The van der Waals surface area contributed by atoms with Crippen molar-refractivity contribution < 1.29 is 9.18 Å². The van der Waals surface area contributed by atoms with Crippen LogP contribution in [0.25, 0.3) is 10.2 Å². The van der Waals surface area contributed by atoms with Gasteiger partial charge in [-0.2, -0.15) is 0 Å². The average Bonchev–Trinajstić information content (AvgIpc) is 2.92. The minimum absolute atomic E-state index is 0.106. The number of halogens is 1. The quantitative estimate of drug-likeness (QED) is 0.696.